The number of amides is 1. The van der Waals surface area contributed by atoms with Crippen molar-refractivity contribution in [3.63, 3.8) is 0 Å². The summed E-state index contributed by atoms with van der Waals surface area (Å²) < 4.78 is 0. The summed E-state index contributed by atoms with van der Waals surface area (Å²) in [5, 5.41) is 4.06. The van der Waals surface area contributed by atoms with Crippen molar-refractivity contribution < 1.29 is 4.79 Å². The zero-order valence-corrected chi connectivity index (χ0v) is 11.9. The van der Waals surface area contributed by atoms with E-state index in [-0.39, 0.29) is 11.8 Å². The van der Waals surface area contributed by atoms with E-state index >= 15 is 0 Å². The molecule has 0 heterocycles. The molecule has 2 nitrogen and oxygen atoms in total. The van der Waals surface area contributed by atoms with Crippen LogP contribution in [0.15, 0.2) is 18.2 Å². The van der Waals surface area contributed by atoms with Gasteiger partial charge in [-0.25, -0.2) is 0 Å². The van der Waals surface area contributed by atoms with Gasteiger partial charge in [0.2, 0.25) is 5.91 Å². The Morgan fingerprint density at radius 3 is 2.47 bits per heavy atom. The van der Waals surface area contributed by atoms with Gasteiger partial charge in [-0.3, -0.25) is 4.79 Å². The van der Waals surface area contributed by atoms with E-state index in [1.54, 1.807) is 18.2 Å². The third-order valence-electron chi connectivity index (χ3n) is 5.23. The fraction of sp³-hybridized carbons (Fsp3) is 0.533. The maximum atomic E-state index is 12.3. The molecule has 5 atom stereocenters. The molecule has 100 valence electrons. The Hall–Kier alpha value is -0.730. The molecular weight excluding hydrogens is 281 g/mol. The van der Waals surface area contributed by atoms with Crippen LogP contribution in [-0.4, -0.2) is 5.91 Å². The molecule has 4 rings (SSSR count). The lowest BCUT2D eigenvalue weighted by Gasteiger charge is -2.10. The first-order valence-electron chi connectivity index (χ1n) is 6.91. The molecule has 3 aliphatic rings. The fourth-order valence-corrected chi connectivity index (χ4v) is 4.94. The van der Waals surface area contributed by atoms with Crippen molar-refractivity contribution in [1.82, 2.24) is 0 Å². The zero-order chi connectivity index (χ0) is 13.1. The van der Waals surface area contributed by atoms with E-state index < -0.39 is 0 Å². The second-order valence-electron chi connectivity index (χ2n) is 6.13. The van der Waals surface area contributed by atoms with Crippen molar-refractivity contribution >= 4 is 34.8 Å². The smallest absolute Gasteiger partial charge is 0.228 e. The van der Waals surface area contributed by atoms with Crippen molar-refractivity contribution in [1.29, 1.82) is 0 Å². The van der Waals surface area contributed by atoms with Gasteiger partial charge < -0.3 is 5.32 Å². The number of nitrogens with one attached hydrogen (secondary N) is 1. The van der Waals surface area contributed by atoms with Crippen molar-refractivity contribution in [3.05, 3.63) is 28.2 Å². The molecule has 3 aliphatic carbocycles. The lowest BCUT2D eigenvalue weighted by Crippen LogP contribution is -2.18. The quantitative estimate of drug-likeness (QED) is 0.869. The number of fused-ring (bicyclic) bond motifs is 5. The molecule has 1 N–H and O–H groups in total. The molecule has 2 bridgehead atoms. The largest absolute Gasteiger partial charge is 0.325 e. The molecule has 3 fully saturated rings. The van der Waals surface area contributed by atoms with Gasteiger partial charge in [-0.05, 0) is 61.1 Å². The minimum atomic E-state index is 0.149. The Morgan fingerprint density at radius 2 is 1.84 bits per heavy atom. The van der Waals surface area contributed by atoms with E-state index in [2.05, 4.69) is 5.32 Å². The van der Waals surface area contributed by atoms with Crippen LogP contribution in [0.2, 0.25) is 10.0 Å². The Kier molecular flexibility index (Phi) is 2.62. The predicted molar refractivity (Wildman–Crippen MR) is 76.4 cm³/mol. The van der Waals surface area contributed by atoms with E-state index in [0.29, 0.717) is 27.6 Å². The van der Waals surface area contributed by atoms with E-state index in [1.807, 2.05) is 0 Å². The number of halogens is 2. The van der Waals surface area contributed by atoms with E-state index in [4.69, 9.17) is 23.2 Å². The zero-order valence-electron chi connectivity index (χ0n) is 10.4. The highest BCUT2D eigenvalue weighted by atomic mass is 35.5. The van der Waals surface area contributed by atoms with Gasteiger partial charge in [0.05, 0.1) is 10.7 Å². The minimum Gasteiger partial charge on any atom is -0.325 e. The van der Waals surface area contributed by atoms with Crippen LogP contribution in [0.25, 0.3) is 0 Å². The molecule has 4 heteroatoms. The molecule has 1 aromatic rings. The number of carbonyl (C=O) groups is 1. The van der Waals surface area contributed by atoms with Gasteiger partial charge in [0, 0.05) is 10.9 Å². The fourth-order valence-electron chi connectivity index (χ4n) is 4.48. The van der Waals surface area contributed by atoms with Crippen LogP contribution in [0.1, 0.15) is 19.3 Å². The van der Waals surface area contributed by atoms with E-state index in [0.717, 1.165) is 11.8 Å². The summed E-state index contributed by atoms with van der Waals surface area (Å²) >= 11 is 11.9. The van der Waals surface area contributed by atoms with Crippen LogP contribution in [0.4, 0.5) is 5.69 Å². The summed E-state index contributed by atoms with van der Waals surface area (Å²) in [6.07, 6.45) is 4.02. The number of rotatable bonds is 2. The van der Waals surface area contributed by atoms with Gasteiger partial charge in [0.15, 0.2) is 0 Å². The SMILES string of the molecule is O=C(Nc1ccc(Cl)cc1Cl)C1[C@@H]2[C@H]3CC[C@H](C3)[C@H]12. The maximum Gasteiger partial charge on any atom is 0.228 e. The molecule has 3 saturated carbocycles. The van der Waals surface area contributed by atoms with Gasteiger partial charge in [0.25, 0.3) is 0 Å². The summed E-state index contributed by atoms with van der Waals surface area (Å²) in [5.41, 5.74) is 0.674. The average molecular weight is 296 g/mol. The molecule has 0 aliphatic heterocycles. The lowest BCUT2D eigenvalue weighted by molar-refractivity contribution is -0.118. The predicted octanol–water partition coefficient (Wildman–Crippen LogP) is 4.22. The summed E-state index contributed by atoms with van der Waals surface area (Å²) in [7, 11) is 0. The van der Waals surface area contributed by atoms with Crippen LogP contribution in [0, 0.1) is 29.6 Å². The third-order valence-corrected chi connectivity index (χ3v) is 5.77. The van der Waals surface area contributed by atoms with Crippen LogP contribution < -0.4 is 5.32 Å². The van der Waals surface area contributed by atoms with Crippen LogP contribution in [0.3, 0.4) is 0 Å². The standard InChI is InChI=1S/C15H15Cl2NO/c16-9-3-4-11(10(17)6-9)18-15(19)14-12-7-1-2-8(5-7)13(12)14/h3-4,6-8,12-14H,1-2,5H2,(H,18,19)/t7-,8+,12+,13-,14?. The number of benzene rings is 1. The molecule has 0 aromatic heterocycles. The number of hydrogen-bond acceptors (Lipinski definition) is 1. The molecule has 0 spiro atoms. The Labute approximate surface area is 122 Å². The lowest BCUT2D eigenvalue weighted by atomic mass is 10.0. The van der Waals surface area contributed by atoms with Crippen molar-refractivity contribution in [3.8, 4) is 0 Å². The number of carbonyl (C=O) groups excluding carboxylic acids is 1. The van der Waals surface area contributed by atoms with Gasteiger partial charge in [-0.2, -0.15) is 0 Å². The van der Waals surface area contributed by atoms with Crippen molar-refractivity contribution in [2.75, 3.05) is 5.32 Å². The second kappa shape index (κ2) is 4.13. The van der Waals surface area contributed by atoms with E-state index in [9.17, 15) is 4.79 Å². The Bertz CT molecular complexity index is 543. The molecular formula is C15H15Cl2NO. The minimum absolute atomic E-state index is 0.149. The van der Waals surface area contributed by atoms with Crippen molar-refractivity contribution in [2.24, 2.45) is 29.6 Å². The maximum absolute atomic E-state index is 12.3. The molecule has 0 radical (unpaired) electrons. The third kappa shape index (κ3) is 1.80. The normalized spacial score (nSPS) is 38.1. The average Bonchev–Trinajstić information content (AvgIpc) is 2.82. The van der Waals surface area contributed by atoms with Crippen LogP contribution >= 0.6 is 23.2 Å². The second-order valence-corrected chi connectivity index (χ2v) is 6.97. The Morgan fingerprint density at radius 1 is 1.16 bits per heavy atom. The summed E-state index contributed by atoms with van der Waals surface area (Å²) in [4.78, 5) is 12.3. The summed E-state index contributed by atoms with van der Waals surface area (Å²) in [5.74, 6) is 3.32. The molecule has 1 amide bonds. The summed E-state index contributed by atoms with van der Waals surface area (Å²) in [6, 6.07) is 5.19. The van der Waals surface area contributed by atoms with E-state index in [1.165, 1.54) is 19.3 Å². The highest BCUT2D eigenvalue weighted by Crippen LogP contribution is 2.69. The van der Waals surface area contributed by atoms with Gasteiger partial charge in [-0.1, -0.05) is 23.2 Å². The molecule has 1 aromatic carbocycles. The molecule has 19 heavy (non-hydrogen) atoms. The molecule has 0 saturated heterocycles. The van der Waals surface area contributed by atoms with Gasteiger partial charge in [0.1, 0.15) is 0 Å². The monoisotopic (exact) mass is 295 g/mol. The van der Waals surface area contributed by atoms with Crippen LogP contribution in [0.5, 0.6) is 0 Å². The Balaban J connectivity index is 1.48. The topological polar surface area (TPSA) is 29.1 Å². The number of anilines is 1. The van der Waals surface area contributed by atoms with Gasteiger partial charge >= 0.3 is 0 Å². The molecule has 1 unspecified atom stereocenters. The highest BCUT2D eigenvalue weighted by molar-refractivity contribution is 6.36. The highest BCUT2D eigenvalue weighted by Gasteiger charge is 2.67. The first kappa shape index (κ1) is 12.0. The number of hydrogen-bond donors (Lipinski definition) is 1. The summed E-state index contributed by atoms with van der Waals surface area (Å²) in [6.45, 7) is 0. The first-order valence-corrected chi connectivity index (χ1v) is 7.66. The van der Waals surface area contributed by atoms with Crippen LogP contribution in [-0.2, 0) is 4.79 Å². The first-order chi connectivity index (χ1) is 9.15. The van der Waals surface area contributed by atoms with Crippen molar-refractivity contribution in [2.45, 2.75) is 19.3 Å². The van der Waals surface area contributed by atoms with Gasteiger partial charge in [-0.15, -0.1) is 0 Å².